The number of unbranched alkanes of at least 4 members (excludes halogenated alkanes) is 7. The van der Waals surface area contributed by atoms with Crippen LogP contribution in [0.15, 0.2) is 17.2 Å². The van der Waals surface area contributed by atoms with Crippen LogP contribution >= 0.6 is 0 Å². The van der Waals surface area contributed by atoms with E-state index in [1.807, 2.05) is 0 Å². The highest BCUT2D eigenvalue weighted by atomic mass is 16.5. The Kier molecular flexibility index (Phi) is 10.9. The number of nitrogens with zero attached hydrogens (tertiary/aromatic N) is 1. The fourth-order valence-electron chi connectivity index (χ4n) is 2.64. The minimum atomic E-state index is -0.0926. The molecule has 6 nitrogen and oxygen atoms in total. The zero-order valence-electron chi connectivity index (χ0n) is 16.2. The number of hydrazone groups is 1. The lowest BCUT2D eigenvalue weighted by molar-refractivity contribution is -0.121. The number of phenolic OH excluding ortho intramolecular Hbond substituents is 1. The van der Waals surface area contributed by atoms with Crippen molar-refractivity contribution >= 4 is 12.1 Å². The number of ether oxygens (including phenoxy) is 2. The van der Waals surface area contributed by atoms with Gasteiger partial charge in [0.25, 0.3) is 0 Å². The molecule has 2 N–H and O–H groups in total. The molecule has 1 amide bonds. The summed E-state index contributed by atoms with van der Waals surface area (Å²) in [5.74, 6) is 0.419. The Morgan fingerprint density at radius 2 is 1.58 bits per heavy atom. The van der Waals surface area contributed by atoms with Crippen LogP contribution in [-0.2, 0) is 4.79 Å². The van der Waals surface area contributed by atoms with Gasteiger partial charge in [0.2, 0.25) is 11.7 Å². The van der Waals surface area contributed by atoms with Crippen LogP contribution in [0.5, 0.6) is 17.2 Å². The molecule has 26 heavy (non-hydrogen) atoms. The monoisotopic (exact) mass is 364 g/mol. The van der Waals surface area contributed by atoms with Gasteiger partial charge >= 0.3 is 0 Å². The van der Waals surface area contributed by atoms with Crippen molar-refractivity contribution < 1.29 is 19.4 Å². The van der Waals surface area contributed by atoms with E-state index in [1.165, 1.54) is 59.0 Å². The first-order chi connectivity index (χ1) is 12.6. The van der Waals surface area contributed by atoms with Crippen molar-refractivity contribution in [2.24, 2.45) is 5.10 Å². The highest BCUT2D eigenvalue weighted by Gasteiger charge is 2.10. The first-order valence-corrected chi connectivity index (χ1v) is 9.39. The molecule has 0 aliphatic carbocycles. The fourth-order valence-corrected chi connectivity index (χ4v) is 2.64. The van der Waals surface area contributed by atoms with E-state index in [4.69, 9.17) is 9.47 Å². The van der Waals surface area contributed by atoms with Gasteiger partial charge in [0.05, 0.1) is 20.4 Å². The van der Waals surface area contributed by atoms with Crippen molar-refractivity contribution in [2.75, 3.05) is 14.2 Å². The first-order valence-electron chi connectivity index (χ1n) is 9.39. The van der Waals surface area contributed by atoms with Gasteiger partial charge in [-0.1, -0.05) is 51.9 Å². The number of carbonyl (C=O) groups excluding carboxylic acids is 1. The number of hydrogen-bond acceptors (Lipinski definition) is 5. The Balaban J connectivity index is 2.30. The van der Waals surface area contributed by atoms with Gasteiger partial charge in [-0.05, 0) is 18.6 Å². The Hall–Kier alpha value is -2.24. The van der Waals surface area contributed by atoms with Crippen molar-refractivity contribution in [3.8, 4) is 17.2 Å². The molecule has 0 radical (unpaired) electrons. The van der Waals surface area contributed by atoms with Crippen LogP contribution in [0.1, 0.15) is 70.3 Å². The van der Waals surface area contributed by atoms with Crippen molar-refractivity contribution in [3.05, 3.63) is 17.7 Å². The Bertz CT molecular complexity index is 548. The molecule has 0 fully saturated rings. The molecule has 0 heterocycles. The lowest BCUT2D eigenvalue weighted by Gasteiger charge is -2.09. The largest absolute Gasteiger partial charge is 0.502 e. The van der Waals surface area contributed by atoms with Crippen LogP contribution in [0.4, 0.5) is 0 Å². The Labute approximate surface area is 156 Å². The molecule has 0 saturated carbocycles. The van der Waals surface area contributed by atoms with Crippen LogP contribution in [0.3, 0.4) is 0 Å². The number of nitrogens with one attached hydrogen (secondary N) is 1. The second kappa shape index (κ2) is 13.0. The Morgan fingerprint density at radius 1 is 1.04 bits per heavy atom. The van der Waals surface area contributed by atoms with E-state index in [-0.39, 0.29) is 23.2 Å². The number of rotatable bonds is 13. The molecule has 0 unspecified atom stereocenters. The van der Waals surface area contributed by atoms with Gasteiger partial charge in [-0.25, -0.2) is 5.43 Å². The summed E-state index contributed by atoms with van der Waals surface area (Å²) >= 11 is 0. The van der Waals surface area contributed by atoms with Crippen LogP contribution < -0.4 is 14.9 Å². The van der Waals surface area contributed by atoms with Gasteiger partial charge in [0.1, 0.15) is 0 Å². The quantitative estimate of drug-likeness (QED) is 0.309. The third-order valence-electron chi connectivity index (χ3n) is 4.16. The van der Waals surface area contributed by atoms with Crippen molar-refractivity contribution in [3.63, 3.8) is 0 Å². The van der Waals surface area contributed by atoms with Crippen molar-refractivity contribution in [1.29, 1.82) is 0 Å². The molecule has 1 aromatic rings. The summed E-state index contributed by atoms with van der Waals surface area (Å²) in [5, 5.41) is 13.8. The maximum Gasteiger partial charge on any atom is 0.240 e. The average molecular weight is 364 g/mol. The molecule has 0 atom stereocenters. The lowest BCUT2D eigenvalue weighted by Crippen LogP contribution is -2.16. The van der Waals surface area contributed by atoms with E-state index in [0.29, 0.717) is 12.0 Å². The summed E-state index contributed by atoms with van der Waals surface area (Å²) in [6.45, 7) is 2.22. The highest BCUT2D eigenvalue weighted by Crippen LogP contribution is 2.36. The molecular weight excluding hydrogens is 332 g/mol. The zero-order chi connectivity index (χ0) is 19.2. The molecule has 1 aromatic carbocycles. The van der Waals surface area contributed by atoms with Gasteiger partial charge in [-0.15, -0.1) is 0 Å². The predicted molar refractivity (Wildman–Crippen MR) is 104 cm³/mol. The number of phenols is 1. The number of methoxy groups -OCH3 is 2. The standard InChI is InChI=1S/C20H32N2O4/c1-4-5-6-7-8-9-10-11-12-19(23)22-21-15-16-13-17(25-2)20(24)18(14-16)26-3/h13-15,24H,4-12H2,1-3H3,(H,22,23). The van der Waals surface area contributed by atoms with E-state index in [0.717, 1.165) is 12.8 Å². The Morgan fingerprint density at radius 3 is 2.12 bits per heavy atom. The summed E-state index contributed by atoms with van der Waals surface area (Å²) in [6.07, 6.45) is 11.6. The smallest absolute Gasteiger partial charge is 0.240 e. The van der Waals surface area contributed by atoms with Crippen molar-refractivity contribution in [1.82, 2.24) is 5.43 Å². The van der Waals surface area contributed by atoms with Crippen LogP contribution in [0, 0.1) is 0 Å². The summed E-state index contributed by atoms with van der Waals surface area (Å²) < 4.78 is 10.2. The van der Waals surface area contributed by atoms with E-state index in [2.05, 4.69) is 17.5 Å². The summed E-state index contributed by atoms with van der Waals surface area (Å²) in [6, 6.07) is 3.23. The highest BCUT2D eigenvalue weighted by molar-refractivity contribution is 5.84. The van der Waals surface area contributed by atoms with Gasteiger partial charge in [-0.2, -0.15) is 5.10 Å². The molecule has 0 aliphatic rings. The van der Waals surface area contributed by atoms with Gasteiger partial charge in [0, 0.05) is 12.0 Å². The minimum Gasteiger partial charge on any atom is -0.502 e. The molecule has 0 saturated heterocycles. The van der Waals surface area contributed by atoms with Gasteiger partial charge in [-0.3, -0.25) is 4.79 Å². The predicted octanol–water partition coefficient (Wildman–Crippen LogP) is 4.39. The fraction of sp³-hybridized carbons (Fsp3) is 0.600. The molecule has 146 valence electrons. The second-order valence-electron chi connectivity index (χ2n) is 6.29. The van der Waals surface area contributed by atoms with E-state index in [9.17, 15) is 9.90 Å². The molecular formula is C20H32N2O4. The third-order valence-corrected chi connectivity index (χ3v) is 4.16. The molecule has 0 aliphatic heterocycles. The van der Waals surface area contributed by atoms with E-state index >= 15 is 0 Å². The maximum absolute atomic E-state index is 11.8. The van der Waals surface area contributed by atoms with E-state index < -0.39 is 0 Å². The lowest BCUT2D eigenvalue weighted by atomic mass is 10.1. The molecule has 0 aromatic heterocycles. The molecule has 1 rings (SSSR count). The van der Waals surface area contributed by atoms with Crippen LogP contribution in [0.25, 0.3) is 0 Å². The third kappa shape index (κ3) is 8.23. The summed E-state index contributed by atoms with van der Waals surface area (Å²) in [4.78, 5) is 11.8. The summed E-state index contributed by atoms with van der Waals surface area (Å²) in [7, 11) is 2.92. The number of benzene rings is 1. The maximum atomic E-state index is 11.8. The number of carbonyl (C=O) groups is 1. The van der Waals surface area contributed by atoms with Crippen molar-refractivity contribution in [2.45, 2.75) is 64.7 Å². The van der Waals surface area contributed by atoms with Gasteiger partial charge in [0.15, 0.2) is 11.5 Å². The summed E-state index contributed by atoms with van der Waals surface area (Å²) in [5.41, 5.74) is 3.18. The zero-order valence-corrected chi connectivity index (χ0v) is 16.2. The number of aromatic hydroxyl groups is 1. The normalized spacial score (nSPS) is 10.9. The number of hydrogen-bond donors (Lipinski definition) is 2. The SMILES string of the molecule is CCCCCCCCCCC(=O)NN=Cc1cc(OC)c(O)c(OC)c1. The molecule has 6 heteroatoms. The van der Waals surface area contributed by atoms with Crippen LogP contribution in [0.2, 0.25) is 0 Å². The van der Waals surface area contributed by atoms with Crippen LogP contribution in [-0.4, -0.2) is 31.4 Å². The van der Waals surface area contributed by atoms with E-state index in [1.54, 1.807) is 12.1 Å². The number of amides is 1. The first kappa shape index (κ1) is 21.8. The molecule has 0 bridgehead atoms. The topological polar surface area (TPSA) is 80.2 Å². The second-order valence-corrected chi connectivity index (χ2v) is 6.29. The van der Waals surface area contributed by atoms with Gasteiger partial charge < -0.3 is 14.6 Å². The average Bonchev–Trinajstić information content (AvgIpc) is 2.65. The minimum absolute atomic E-state index is 0.0640. The molecule has 0 spiro atoms.